The van der Waals surface area contributed by atoms with Gasteiger partial charge in [0.05, 0.1) is 0 Å². The number of aromatic nitrogens is 1. The molecular formula is C15H20N2. The van der Waals surface area contributed by atoms with Crippen molar-refractivity contribution >= 4 is 10.9 Å². The standard InChI is InChI=1S/C15H20N2/c1-9-6-7-13-12(8-9)14(10(2)17-13)15(16)11-4-3-5-11/h6-8,11,15,17H,3-5,16H2,1-2H3. The van der Waals surface area contributed by atoms with Crippen LogP contribution in [-0.4, -0.2) is 4.98 Å². The zero-order chi connectivity index (χ0) is 12.0. The Balaban J connectivity index is 2.13. The van der Waals surface area contributed by atoms with Gasteiger partial charge in [0.2, 0.25) is 0 Å². The summed E-state index contributed by atoms with van der Waals surface area (Å²) in [5.41, 5.74) is 11.5. The van der Waals surface area contributed by atoms with Crippen molar-refractivity contribution < 1.29 is 0 Å². The highest BCUT2D eigenvalue weighted by Gasteiger charge is 2.28. The first kappa shape index (κ1) is 10.8. The van der Waals surface area contributed by atoms with Crippen molar-refractivity contribution in [3.63, 3.8) is 0 Å². The molecule has 1 aromatic heterocycles. The molecule has 2 heteroatoms. The quantitative estimate of drug-likeness (QED) is 0.810. The first-order valence-corrected chi connectivity index (χ1v) is 6.51. The zero-order valence-corrected chi connectivity index (χ0v) is 10.6. The lowest BCUT2D eigenvalue weighted by atomic mass is 9.77. The van der Waals surface area contributed by atoms with Gasteiger partial charge < -0.3 is 10.7 Å². The highest BCUT2D eigenvalue weighted by atomic mass is 14.8. The summed E-state index contributed by atoms with van der Waals surface area (Å²) in [6, 6.07) is 6.78. The van der Waals surface area contributed by atoms with Gasteiger partial charge in [-0.1, -0.05) is 18.1 Å². The van der Waals surface area contributed by atoms with Crippen LogP contribution in [-0.2, 0) is 0 Å². The monoisotopic (exact) mass is 228 g/mol. The van der Waals surface area contributed by atoms with Gasteiger partial charge in [0.15, 0.2) is 0 Å². The number of aryl methyl sites for hydroxylation is 2. The van der Waals surface area contributed by atoms with Gasteiger partial charge in [-0.2, -0.15) is 0 Å². The van der Waals surface area contributed by atoms with Crippen molar-refractivity contribution in [3.05, 3.63) is 35.0 Å². The number of nitrogens with two attached hydrogens (primary N) is 1. The number of nitrogens with one attached hydrogen (secondary N) is 1. The van der Waals surface area contributed by atoms with Gasteiger partial charge in [-0.15, -0.1) is 0 Å². The number of H-pyrrole nitrogens is 1. The maximum atomic E-state index is 6.44. The van der Waals surface area contributed by atoms with Gasteiger partial charge in [-0.3, -0.25) is 0 Å². The lowest BCUT2D eigenvalue weighted by molar-refractivity contribution is 0.265. The van der Waals surface area contributed by atoms with Crippen molar-refractivity contribution in [2.45, 2.75) is 39.2 Å². The molecule has 1 unspecified atom stereocenters. The Bertz CT molecular complexity index is 549. The Morgan fingerprint density at radius 1 is 1.29 bits per heavy atom. The summed E-state index contributed by atoms with van der Waals surface area (Å²) in [5.74, 6) is 0.688. The predicted molar refractivity (Wildman–Crippen MR) is 72.0 cm³/mol. The second kappa shape index (κ2) is 3.88. The summed E-state index contributed by atoms with van der Waals surface area (Å²) in [4.78, 5) is 3.46. The summed E-state index contributed by atoms with van der Waals surface area (Å²) in [6.07, 6.45) is 3.93. The molecule has 1 fully saturated rings. The van der Waals surface area contributed by atoms with Gasteiger partial charge in [0.1, 0.15) is 0 Å². The molecule has 0 bridgehead atoms. The minimum absolute atomic E-state index is 0.208. The topological polar surface area (TPSA) is 41.8 Å². The van der Waals surface area contributed by atoms with Crippen LogP contribution in [0.15, 0.2) is 18.2 Å². The number of hydrogen-bond donors (Lipinski definition) is 2. The molecule has 1 saturated carbocycles. The molecule has 90 valence electrons. The molecule has 3 rings (SSSR count). The van der Waals surface area contributed by atoms with Gasteiger partial charge in [-0.25, -0.2) is 0 Å². The Morgan fingerprint density at radius 2 is 2.06 bits per heavy atom. The van der Waals surface area contributed by atoms with Crippen LogP contribution in [0.4, 0.5) is 0 Å². The molecule has 0 spiro atoms. The molecule has 17 heavy (non-hydrogen) atoms. The Labute approximate surface area is 102 Å². The van der Waals surface area contributed by atoms with Crippen molar-refractivity contribution in [3.8, 4) is 0 Å². The molecule has 2 nitrogen and oxygen atoms in total. The average molecular weight is 228 g/mol. The number of fused-ring (bicyclic) bond motifs is 1. The number of hydrogen-bond acceptors (Lipinski definition) is 1. The van der Waals surface area contributed by atoms with Crippen molar-refractivity contribution in [1.29, 1.82) is 0 Å². The van der Waals surface area contributed by atoms with E-state index in [0.717, 1.165) is 0 Å². The molecule has 0 aliphatic heterocycles. The van der Waals surface area contributed by atoms with E-state index in [1.165, 1.54) is 47.0 Å². The van der Waals surface area contributed by atoms with E-state index in [1.807, 2.05) is 0 Å². The molecule has 1 aromatic carbocycles. The van der Waals surface area contributed by atoms with Crippen molar-refractivity contribution in [2.75, 3.05) is 0 Å². The molecular weight excluding hydrogens is 208 g/mol. The number of rotatable bonds is 2. The van der Waals surface area contributed by atoms with Crippen LogP contribution in [0.25, 0.3) is 10.9 Å². The summed E-state index contributed by atoms with van der Waals surface area (Å²) in [6.45, 7) is 4.28. The number of benzene rings is 1. The third-order valence-corrected chi connectivity index (χ3v) is 4.18. The van der Waals surface area contributed by atoms with E-state index in [-0.39, 0.29) is 6.04 Å². The lowest BCUT2D eigenvalue weighted by Gasteiger charge is -2.31. The van der Waals surface area contributed by atoms with Gasteiger partial charge >= 0.3 is 0 Å². The van der Waals surface area contributed by atoms with Gasteiger partial charge in [0, 0.05) is 22.6 Å². The second-order valence-corrected chi connectivity index (χ2v) is 5.43. The minimum Gasteiger partial charge on any atom is -0.358 e. The first-order chi connectivity index (χ1) is 8.16. The van der Waals surface area contributed by atoms with E-state index >= 15 is 0 Å². The van der Waals surface area contributed by atoms with Crippen LogP contribution in [0.5, 0.6) is 0 Å². The Hall–Kier alpha value is -1.28. The summed E-state index contributed by atoms with van der Waals surface area (Å²) in [5, 5.41) is 1.32. The van der Waals surface area contributed by atoms with Gasteiger partial charge in [0.25, 0.3) is 0 Å². The van der Waals surface area contributed by atoms with E-state index < -0.39 is 0 Å². The summed E-state index contributed by atoms with van der Waals surface area (Å²) >= 11 is 0. The molecule has 2 aromatic rings. The van der Waals surface area contributed by atoms with Crippen LogP contribution >= 0.6 is 0 Å². The molecule has 3 N–H and O–H groups in total. The molecule has 0 radical (unpaired) electrons. The normalized spacial score (nSPS) is 18.3. The fraction of sp³-hybridized carbons (Fsp3) is 0.467. The van der Waals surface area contributed by atoms with E-state index in [0.29, 0.717) is 5.92 Å². The summed E-state index contributed by atoms with van der Waals surface area (Å²) in [7, 11) is 0. The smallest absolute Gasteiger partial charge is 0.0459 e. The van der Waals surface area contributed by atoms with E-state index in [2.05, 4.69) is 37.0 Å². The fourth-order valence-electron chi connectivity index (χ4n) is 2.93. The highest BCUT2D eigenvalue weighted by molar-refractivity contribution is 5.85. The van der Waals surface area contributed by atoms with E-state index in [9.17, 15) is 0 Å². The fourth-order valence-corrected chi connectivity index (χ4v) is 2.93. The van der Waals surface area contributed by atoms with E-state index in [1.54, 1.807) is 0 Å². The zero-order valence-electron chi connectivity index (χ0n) is 10.6. The van der Waals surface area contributed by atoms with Crippen LogP contribution in [0.1, 0.15) is 42.1 Å². The molecule has 1 heterocycles. The van der Waals surface area contributed by atoms with E-state index in [4.69, 9.17) is 5.73 Å². The SMILES string of the molecule is Cc1ccc2[nH]c(C)c(C(N)C3CCC3)c2c1. The Morgan fingerprint density at radius 3 is 2.71 bits per heavy atom. The third kappa shape index (κ3) is 1.67. The van der Waals surface area contributed by atoms with Crippen LogP contribution in [0.3, 0.4) is 0 Å². The average Bonchev–Trinajstić information content (AvgIpc) is 2.50. The van der Waals surface area contributed by atoms with Crippen LogP contribution < -0.4 is 5.73 Å². The van der Waals surface area contributed by atoms with Crippen LogP contribution in [0.2, 0.25) is 0 Å². The number of aromatic amines is 1. The summed E-state index contributed by atoms with van der Waals surface area (Å²) < 4.78 is 0. The first-order valence-electron chi connectivity index (χ1n) is 6.51. The predicted octanol–water partition coefficient (Wildman–Crippen LogP) is 3.58. The molecule has 1 aliphatic carbocycles. The third-order valence-electron chi connectivity index (χ3n) is 4.18. The van der Waals surface area contributed by atoms with Crippen LogP contribution in [0, 0.1) is 19.8 Å². The second-order valence-electron chi connectivity index (χ2n) is 5.43. The maximum Gasteiger partial charge on any atom is 0.0459 e. The van der Waals surface area contributed by atoms with Gasteiger partial charge in [-0.05, 0) is 50.3 Å². The minimum atomic E-state index is 0.208. The highest BCUT2D eigenvalue weighted by Crippen LogP contribution is 2.39. The lowest BCUT2D eigenvalue weighted by Crippen LogP contribution is -2.27. The largest absolute Gasteiger partial charge is 0.358 e. The molecule has 1 aliphatic rings. The Kier molecular flexibility index (Phi) is 2.48. The van der Waals surface area contributed by atoms with Crippen molar-refractivity contribution in [1.82, 2.24) is 4.98 Å². The maximum absolute atomic E-state index is 6.44. The molecule has 0 saturated heterocycles. The molecule has 0 amide bonds. The van der Waals surface area contributed by atoms with Crippen molar-refractivity contribution in [2.24, 2.45) is 11.7 Å². The molecule has 1 atom stereocenters.